The lowest BCUT2D eigenvalue weighted by atomic mass is 9.94. The molecule has 7 amide bonds. The second-order valence-corrected chi connectivity index (χ2v) is 22.1. The highest BCUT2D eigenvalue weighted by atomic mass is 16.6. The maximum atomic E-state index is 15.4. The lowest BCUT2D eigenvalue weighted by molar-refractivity contribution is -0.146. The summed E-state index contributed by atoms with van der Waals surface area (Å²) >= 11 is 0. The minimum Gasteiger partial charge on any atom is -0.396 e. The summed E-state index contributed by atoms with van der Waals surface area (Å²) in [7, 11) is 4.16. The van der Waals surface area contributed by atoms with E-state index in [-0.39, 0.29) is 37.0 Å². The molecule has 2 aliphatic heterocycles. The van der Waals surface area contributed by atoms with Crippen LogP contribution in [0.4, 0.5) is 0 Å². The second-order valence-electron chi connectivity index (χ2n) is 22.1. The van der Waals surface area contributed by atoms with Crippen LogP contribution >= 0.6 is 0 Å². The van der Waals surface area contributed by atoms with Crippen molar-refractivity contribution in [1.29, 1.82) is 0 Å². The Morgan fingerprint density at radius 2 is 1.25 bits per heavy atom. The maximum Gasteiger partial charge on any atom is 0.248 e. The number of hydrogen-bond acceptors (Lipinski definition) is 11. The zero-order valence-corrected chi connectivity index (χ0v) is 46.2. The molecule has 412 valence electrons. The van der Waals surface area contributed by atoms with E-state index in [1.165, 1.54) is 33.0 Å². The Balaban J connectivity index is 1.73. The van der Waals surface area contributed by atoms with E-state index in [1.807, 2.05) is 58.2 Å². The number of fused-ring (bicyclic) bond motifs is 1. The zero-order valence-electron chi connectivity index (χ0n) is 46.2. The minimum absolute atomic E-state index is 0.124. The van der Waals surface area contributed by atoms with Crippen LogP contribution in [0.25, 0.3) is 10.9 Å². The van der Waals surface area contributed by atoms with Crippen molar-refractivity contribution in [2.75, 3.05) is 34.4 Å². The summed E-state index contributed by atoms with van der Waals surface area (Å²) in [5.74, 6) is -7.50. The van der Waals surface area contributed by atoms with Crippen LogP contribution in [0.5, 0.6) is 0 Å². The SMILES string of the molecule is CO[C@H](c1ccccc1)[C@@H]1NC(=O)[C@H](C)NC(=O)C(C[C@H](C)CO)N(C)C(=O)[C@H]([C@H](O)c2cn(C(C)(C)[C@@H]3CO3)c3ccccc23)NC(=O)[C@H]([C@H](C)C=C(C)C)NC(=O)[C@H](CC(C)C)N(C)C(=O)[C@H](C(C)C)NC1=O. The number of benzene rings is 2. The standard InChI is InChI=1S/C56H82N8O11/c1-30(2)24-34(8)44-52(70)60-45(47(66)38-27-64(56(10,11)42-29-75-42)39-23-19-18-22-37(38)39)55(73)63(13)41(26-33(7)28-65)50(68)57-35(9)49(67)61-46(48(74-14)36-20-16-15-17-21-36)53(71)58-43(32(5)6)54(72)62(12)40(25-31(3)4)51(69)59-44/h15-24,27,31-35,40-48,65-66H,25-26,28-29H2,1-14H3,(H,57,68)(H,58,71)(H,59,69)(H,60,70)(H,61,67)/t33-,34+,35-,40-,41?,42-,43-,44-,45-,46-,47+,48+/m0/s1. The number of nitrogens with zero attached hydrogens (tertiary/aromatic N) is 3. The number of nitrogens with one attached hydrogen (secondary N) is 5. The van der Waals surface area contributed by atoms with Crippen molar-refractivity contribution in [3.05, 3.63) is 83.6 Å². The third-order valence-electron chi connectivity index (χ3n) is 14.5. The maximum absolute atomic E-state index is 15.4. The number of ether oxygens (including phenoxy) is 2. The number of likely N-dealkylation sites (N-methyl/N-ethyl adjacent to an activating group) is 2. The molecule has 2 saturated heterocycles. The van der Waals surface area contributed by atoms with Gasteiger partial charge in [-0.25, -0.2) is 0 Å². The number of rotatable bonds is 15. The Morgan fingerprint density at radius 3 is 1.81 bits per heavy atom. The monoisotopic (exact) mass is 1040 g/mol. The van der Waals surface area contributed by atoms with E-state index in [0.29, 0.717) is 17.6 Å². The first-order chi connectivity index (χ1) is 35.2. The molecule has 12 atom stereocenters. The van der Waals surface area contributed by atoms with Crippen LogP contribution in [0.15, 0.2) is 72.4 Å². The van der Waals surface area contributed by atoms with E-state index in [9.17, 15) is 34.2 Å². The van der Waals surface area contributed by atoms with Crippen molar-refractivity contribution in [3.63, 3.8) is 0 Å². The molecule has 0 bridgehead atoms. The number of carbonyl (C=O) groups excluding carboxylic acids is 7. The Hall–Kier alpha value is -6.15. The zero-order chi connectivity index (χ0) is 55.8. The molecule has 0 aliphatic carbocycles. The summed E-state index contributed by atoms with van der Waals surface area (Å²) in [6, 6.07) is 6.13. The van der Waals surface area contributed by atoms with Gasteiger partial charge in [0.15, 0.2) is 0 Å². The molecule has 2 aliphatic rings. The lowest BCUT2D eigenvalue weighted by Crippen LogP contribution is -2.62. The van der Waals surface area contributed by atoms with Crippen LogP contribution < -0.4 is 26.6 Å². The topological polar surface area (TPSA) is 253 Å². The van der Waals surface area contributed by atoms with Gasteiger partial charge in [0, 0.05) is 56.4 Å². The number of aliphatic hydroxyl groups is 2. The fraction of sp³-hybridized carbons (Fsp3) is 0.589. The first-order valence-corrected chi connectivity index (χ1v) is 26.0. The van der Waals surface area contributed by atoms with Crippen molar-refractivity contribution >= 4 is 52.3 Å². The quantitative estimate of drug-likeness (QED) is 0.0855. The number of hydrogen-bond donors (Lipinski definition) is 7. The molecule has 0 radical (unpaired) electrons. The van der Waals surface area contributed by atoms with Gasteiger partial charge in [-0.3, -0.25) is 33.6 Å². The number of amides is 7. The average molecular weight is 1040 g/mol. The van der Waals surface area contributed by atoms with Crippen molar-refractivity contribution in [1.82, 2.24) is 41.0 Å². The Kier molecular flexibility index (Phi) is 20.4. The predicted molar refractivity (Wildman–Crippen MR) is 284 cm³/mol. The molecule has 1 aromatic heterocycles. The molecule has 19 heteroatoms. The molecule has 3 heterocycles. The van der Waals surface area contributed by atoms with Gasteiger partial charge in [0.2, 0.25) is 41.4 Å². The van der Waals surface area contributed by atoms with Gasteiger partial charge in [0.05, 0.1) is 12.1 Å². The molecule has 19 nitrogen and oxygen atoms in total. The van der Waals surface area contributed by atoms with Crippen LogP contribution in [0, 0.1) is 23.7 Å². The third-order valence-corrected chi connectivity index (χ3v) is 14.5. The highest BCUT2D eigenvalue weighted by molar-refractivity contribution is 5.99. The van der Waals surface area contributed by atoms with E-state index in [4.69, 9.17) is 9.47 Å². The van der Waals surface area contributed by atoms with Crippen molar-refractivity contribution in [2.45, 2.75) is 155 Å². The van der Waals surface area contributed by atoms with E-state index in [1.54, 1.807) is 82.4 Å². The minimum atomic E-state index is -1.81. The van der Waals surface area contributed by atoms with Gasteiger partial charge in [0.25, 0.3) is 0 Å². The van der Waals surface area contributed by atoms with E-state index < -0.39 is 119 Å². The van der Waals surface area contributed by atoms with Gasteiger partial charge < -0.3 is 60.6 Å². The molecule has 7 N–H and O–H groups in total. The fourth-order valence-corrected chi connectivity index (χ4v) is 9.86. The predicted octanol–water partition coefficient (Wildman–Crippen LogP) is 3.63. The molecule has 1 unspecified atom stereocenters. The van der Waals surface area contributed by atoms with Crippen molar-refractivity contribution in [3.8, 4) is 0 Å². The summed E-state index contributed by atoms with van der Waals surface area (Å²) in [6.45, 7) is 19.8. The summed E-state index contributed by atoms with van der Waals surface area (Å²) in [4.78, 5) is 106. The van der Waals surface area contributed by atoms with Crippen LogP contribution in [-0.4, -0.2) is 149 Å². The van der Waals surface area contributed by atoms with Gasteiger partial charge >= 0.3 is 0 Å². The van der Waals surface area contributed by atoms with E-state index >= 15 is 9.59 Å². The molecule has 0 spiro atoms. The van der Waals surface area contributed by atoms with E-state index in [0.717, 1.165) is 16.0 Å². The van der Waals surface area contributed by atoms with Crippen LogP contribution in [0.2, 0.25) is 0 Å². The highest BCUT2D eigenvalue weighted by Gasteiger charge is 2.45. The van der Waals surface area contributed by atoms with Gasteiger partial charge in [-0.15, -0.1) is 0 Å². The number of aromatic nitrogens is 1. The molecule has 2 aromatic carbocycles. The molecule has 3 aromatic rings. The average Bonchev–Trinajstić information content (AvgIpc) is 4.16. The number of para-hydroxylation sites is 1. The summed E-state index contributed by atoms with van der Waals surface area (Å²) in [5, 5.41) is 37.7. The van der Waals surface area contributed by atoms with Crippen molar-refractivity contribution < 1.29 is 53.2 Å². The first-order valence-electron chi connectivity index (χ1n) is 26.0. The number of aliphatic hydroxyl groups excluding tert-OH is 2. The van der Waals surface area contributed by atoms with Gasteiger partial charge in [-0.2, -0.15) is 0 Å². The number of methoxy groups -OCH3 is 1. The molecule has 5 rings (SSSR count). The molecule has 0 saturated carbocycles. The first kappa shape index (κ1) is 59.7. The Labute approximate surface area is 441 Å². The Morgan fingerprint density at radius 1 is 0.733 bits per heavy atom. The number of carbonyl (C=O) groups is 7. The molecule has 2 fully saturated rings. The summed E-state index contributed by atoms with van der Waals surface area (Å²) in [5.41, 5.74) is 1.72. The van der Waals surface area contributed by atoms with E-state index in [2.05, 4.69) is 26.6 Å². The molecule has 75 heavy (non-hydrogen) atoms. The number of epoxide rings is 1. The van der Waals surface area contributed by atoms with Gasteiger partial charge in [0.1, 0.15) is 60.6 Å². The largest absolute Gasteiger partial charge is 0.396 e. The lowest BCUT2D eigenvalue weighted by Gasteiger charge is -2.36. The smallest absolute Gasteiger partial charge is 0.248 e. The van der Waals surface area contributed by atoms with Gasteiger partial charge in [-0.05, 0) is 76.8 Å². The highest BCUT2D eigenvalue weighted by Crippen LogP contribution is 2.38. The van der Waals surface area contributed by atoms with Crippen LogP contribution in [0.3, 0.4) is 0 Å². The van der Waals surface area contributed by atoms with Gasteiger partial charge in [-0.1, -0.05) is 102 Å². The molecular formula is C56H82N8O11. The summed E-state index contributed by atoms with van der Waals surface area (Å²) in [6.07, 6.45) is 0.516. The van der Waals surface area contributed by atoms with Crippen LogP contribution in [-0.2, 0) is 48.6 Å². The number of allylic oxidation sites excluding steroid dienone is 1. The van der Waals surface area contributed by atoms with Crippen LogP contribution in [0.1, 0.15) is 112 Å². The van der Waals surface area contributed by atoms with Crippen molar-refractivity contribution in [2.24, 2.45) is 23.7 Å². The third kappa shape index (κ3) is 14.2. The normalized spacial score (nSPS) is 25.9. The molecular weight excluding hydrogens is 961 g/mol. The fourth-order valence-electron chi connectivity index (χ4n) is 9.86. The second kappa shape index (κ2) is 25.6. The Bertz CT molecular complexity index is 2540. The summed E-state index contributed by atoms with van der Waals surface area (Å²) < 4.78 is 13.6.